The summed E-state index contributed by atoms with van der Waals surface area (Å²) in [5.41, 5.74) is 0.643. The molecule has 0 saturated heterocycles. The lowest BCUT2D eigenvalue weighted by Gasteiger charge is -2.09. The molecule has 4 heteroatoms. The van der Waals surface area contributed by atoms with Crippen LogP contribution in [0.2, 0.25) is 0 Å². The molecule has 3 aromatic rings. The first-order valence-corrected chi connectivity index (χ1v) is 7.38. The SMILES string of the molecule is O=C(NCCOc1ccc(F)cc1)c1cccc2ccccc12. The molecule has 1 N–H and O–H groups in total. The molecule has 0 aliphatic carbocycles. The number of halogens is 1. The predicted octanol–water partition coefficient (Wildman–Crippen LogP) is 3.79. The molecule has 3 nitrogen and oxygen atoms in total. The van der Waals surface area contributed by atoms with E-state index >= 15 is 0 Å². The molecule has 0 aliphatic rings. The summed E-state index contributed by atoms with van der Waals surface area (Å²) in [5.74, 6) is 0.136. The molecule has 0 fully saturated rings. The molecule has 1 amide bonds. The fourth-order valence-electron chi connectivity index (χ4n) is 2.38. The summed E-state index contributed by atoms with van der Waals surface area (Å²) < 4.78 is 18.2. The zero-order chi connectivity index (χ0) is 16.1. The minimum Gasteiger partial charge on any atom is -0.492 e. The van der Waals surface area contributed by atoms with Crippen LogP contribution < -0.4 is 10.1 Å². The monoisotopic (exact) mass is 309 g/mol. The number of amides is 1. The highest BCUT2D eigenvalue weighted by molar-refractivity contribution is 6.06. The van der Waals surface area contributed by atoms with Crippen LogP contribution in [0.3, 0.4) is 0 Å². The Morgan fingerprint density at radius 1 is 0.957 bits per heavy atom. The molecular formula is C19H16FNO2. The average molecular weight is 309 g/mol. The summed E-state index contributed by atoms with van der Waals surface area (Å²) in [4.78, 5) is 12.3. The Balaban J connectivity index is 1.57. The lowest BCUT2D eigenvalue weighted by atomic mass is 10.0. The highest BCUT2D eigenvalue weighted by atomic mass is 19.1. The van der Waals surface area contributed by atoms with Crippen LogP contribution in [-0.4, -0.2) is 19.1 Å². The topological polar surface area (TPSA) is 38.3 Å². The third-order valence-corrected chi connectivity index (χ3v) is 3.50. The van der Waals surface area contributed by atoms with Crippen LogP contribution in [0.25, 0.3) is 10.8 Å². The van der Waals surface area contributed by atoms with E-state index in [9.17, 15) is 9.18 Å². The minimum absolute atomic E-state index is 0.135. The van der Waals surface area contributed by atoms with Gasteiger partial charge in [0.1, 0.15) is 18.2 Å². The van der Waals surface area contributed by atoms with Crippen molar-refractivity contribution in [1.82, 2.24) is 5.32 Å². The first kappa shape index (κ1) is 15.0. The predicted molar refractivity (Wildman–Crippen MR) is 88.2 cm³/mol. The molecule has 0 aliphatic heterocycles. The Morgan fingerprint density at radius 3 is 2.52 bits per heavy atom. The summed E-state index contributed by atoms with van der Waals surface area (Å²) >= 11 is 0. The second-order valence-electron chi connectivity index (χ2n) is 5.08. The van der Waals surface area contributed by atoms with E-state index in [2.05, 4.69) is 5.32 Å². The molecule has 3 rings (SSSR count). The normalized spacial score (nSPS) is 10.5. The van der Waals surface area contributed by atoms with Crippen molar-refractivity contribution in [3.63, 3.8) is 0 Å². The van der Waals surface area contributed by atoms with E-state index in [1.165, 1.54) is 12.1 Å². The van der Waals surface area contributed by atoms with Crippen LogP contribution in [0.1, 0.15) is 10.4 Å². The first-order valence-electron chi connectivity index (χ1n) is 7.38. The number of hydrogen-bond acceptors (Lipinski definition) is 2. The Morgan fingerprint density at radius 2 is 1.70 bits per heavy atom. The van der Waals surface area contributed by atoms with E-state index in [4.69, 9.17) is 4.74 Å². The van der Waals surface area contributed by atoms with Gasteiger partial charge in [0.15, 0.2) is 0 Å². The number of benzene rings is 3. The standard InChI is InChI=1S/C19H16FNO2/c20-15-8-10-16(11-9-15)23-13-12-21-19(22)18-7-3-5-14-4-1-2-6-17(14)18/h1-11H,12-13H2,(H,21,22). The van der Waals surface area contributed by atoms with E-state index in [0.29, 0.717) is 24.5 Å². The van der Waals surface area contributed by atoms with E-state index in [1.54, 1.807) is 18.2 Å². The van der Waals surface area contributed by atoms with Gasteiger partial charge in [-0.1, -0.05) is 36.4 Å². The van der Waals surface area contributed by atoms with Crippen molar-refractivity contribution in [2.75, 3.05) is 13.2 Å². The molecule has 116 valence electrons. The van der Waals surface area contributed by atoms with Crippen molar-refractivity contribution in [1.29, 1.82) is 0 Å². The van der Waals surface area contributed by atoms with Crippen LogP contribution in [0.5, 0.6) is 5.75 Å². The van der Waals surface area contributed by atoms with Gasteiger partial charge in [-0.15, -0.1) is 0 Å². The van der Waals surface area contributed by atoms with Gasteiger partial charge in [-0.25, -0.2) is 4.39 Å². The molecule has 3 aromatic carbocycles. The van der Waals surface area contributed by atoms with E-state index in [-0.39, 0.29) is 11.7 Å². The molecule has 0 heterocycles. The van der Waals surface area contributed by atoms with E-state index < -0.39 is 0 Å². The van der Waals surface area contributed by atoms with Crippen molar-refractivity contribution in [3.8, 4) is 5.75 Å². The number of fused-ring (bicyclic) bond motifs is 1. The molecule has 23 heavy (non-hydrogen) atoms. The number of nitrogens with one attached hydrogen (secondary N) is 1. The zero-order valence-electron chi connectivity index (χ0n) is 12.5. The van der Waals surface area contributed by atoms with Gasteiger partial charge in [0.2, 0.25) is 0 Å². The number of hydrogen-bond donors (Lipinski definition) is 1. The molecule has 0 spiro atoms. The maximum atomic E-state index is 12.8. The minimum atomic E-state index is -0.304. The first-order chi connectivity index (χ1) is 11.2. The van der Waals surface area contributed by atoms with Gasteiger partial charge in [0.05, 0.1) is 6.54 Å². The van der Waals surface area contributed by atoms with Gasteiger partial charge < -0.3 is 10.1 Å². The van der Waals surface area contributed by atoms with Crippen molar-refractivity contribution in [2.45, 2.75) is 0 Å². The number of rotatable bonds is 5. The third-order valence-electron chi connectivity index (χ3n) is 3.50. The van der Waals surface area contributed by atoms with Crippen molar-refractivity contribution < 1.29 is 13.9 Å². The Labute approximate surface area is 133 Å². The van der Waals surface area contributed by atoms with Gasteiger partial charge in [0.25, 0.3) is 5.91 Å². The second-order valence-corrected chi connectivity index (χ2v) is 5.08. The highest BCUT2D eigenvalue weighted by Crippen LogP contribution is 2.18. The molecule has 0 radical (unpaired) electrons. The number of carbonyl (C=O) groups is 1. The lowest BCUT2D eigenvalue weighted by molar-refractivity contribution is 0.0948. The molecule has 0 bridgehead atoms. The van der Waals surface area contributed by atoms with Crippen molar-refractivity contribution in [2.24, 2.45) is 0 Å². The van der Waals surface area contributed by atoms with E-state index in [0.717, 1.165) is 10.8 Å². The number of carbonyl (C=O) groups excluding carboxylic acids is 1. The van der Waals surface area contributed by atoms with Crippen LogP contribution in [0.15, 0.2) is 66.7 Å². The van der Waals surface area contributed by atoms with Crippen LogP contribution >= 0.6 is 0 Å². The second kappa shape index (κ2) is 6.92. The van der Waals surface area contributed by atoms with Crippen molar-refractivity contribution >= 4 is 16.7 Å². The molecule has 0 atom stereocenters. The Hall–Kier alpha value is -2.88. The largest absolute Gasteiger partial charge is 0.492 e. The van der Waals surface area contributed by atoms with Gasteiger partial charge in [0, 0.05) is 5.56 Å². The van der Waals surface area contributed by atoms with E-state index in [1.807, 2.05) is 36.4 Å². The Kier molecular flexibility index (Phi) is 4.52. The maximum Gasteiger partial charge on any atom is 0.252 e. The van der Waals surface area contributed by atoms with Gasteiger partial charge in [-0.3, -0.25) is 4.79 Å². The van der Waals surface area contributed by atoms with Crippen LogP contribution in [0, 0.1) is 5.82 Å². The maximum absolute atomic E-state index is 12.8. The quantitative estimate of drug-likeness (QED) is 0.728. The lowest BCUT2D eigenvalue weighted by Crippen LogP contribution is -2.28. The summed E-state index contributed by atoms with van der Waals surface area (Å²) in [6, 6.07) is 19.2. The Bertz CT molecular complexity index is 810. The summed E-state index contributed by atoms with van der Waals surface area (Å²) in [6.45, 7) is 0.696. The van der Waals surface area contributed by atoms with Crippen LogP contribution in [0.4, 0.5) is 4.39 Å². The average Bonchev–Trinajstić information content (AvgIpc) is 2.59. The van der Waals surface area contributed by atoms with Gasteiger partial charge in [-0.05, 0) is 41.1 Å². The van der Waals surface area contributed by atoms with Crippen molar-refractivity contribution in [3.05, 3.63) is 78.1 Å². The zero-order valence-corrected chi connectivity index (χ0v) is 12.5. The van der Waals surface area contributed by atoms with Gasteiger partial charge >= 0.3 is 0 Å². The molecule has 0 saturated carbocycles. The fraction of sp³-hybridized carbons (Fsp3) is 0.105. The van der Waals surface area contributed by atoms with Crippen LogP contribution in [-0.2, 0) is 0 Å². The third kappa shape index (κ3) is 3.66. The summed E-state index contributed by atoms with van der Waals surface area (Å²) in [5, 5.41) is 4.79. The summed E-state index contributed by atoms with van der Waals surface area (Å²) in [7, 11) is 0. The fourth-order valence-corrected chi connectivity index (χ4v) is 2.38. The smallest absolute Gasteiger partial charge is 0.252 e. The van der Waals surface area contributed by atoms with Gasteiger partial charge in [-0.2, -0.15) is 0 Å². The molecule has 0 aromatic heterocycles. The summed E-state index contributed by atoms with van der Waals surface area (Å²) in [6.07, 6.45) is 0. The molecule has 0 unspecified atom stereocenters. The molecular weight excluding hydrogens is 293 g/mol. The highest BCUT2D eigenvalue weighted by Gasteiger charge is 2.08. The number of ether oxygens (including phenoxy) is 1.